The standard InChI is InChI=1S/C19H23FN4O/c1-3-13(2)22-19(25)16-12-21-17(14-6-8-15(20)9-7-14)23-18(16)24-10-4-5-11-24/h6-9,12-13H,3-5,10-11H2,1-2H3,(H,22,25). The lowest BCUT2D eigenvalue weighted by molar-refractivity contribution is 0.0939. The Labute approximate surface area is 147 Å². The molecule has 1 saturated heterocycles. The molecule has 1 N–H and O–H groups in total. The third-order valence-electron chi connectivity index (χ3n) is 4.51. The van der Waals surface area contributed by atoms with Gasteiger partial charge in [-0.3, -0.25) is 4.79 Å². The van der Waals surface area contributed by atoms with E-state index in [1.807, 2.05) is 13.8 Å². The normalized spacial score (nSPS) is 15.2. The van der Waals surface area contributed by atoms with Gasteiger partial charge in [-0.2, -0.15) is 0 Å². The van der Waals surface area contributed by atoms with Gasteiger partial charge in [0.2, 0.25) is 0 Å². The molecule has 1 amide bonds. The Kier molecular flexibility index (Phi) is 5.26. The Balaban J connectivity index is 1.97. The zero-order chi connectivity index (χ0) is 17.8. The van der Waals surface area contributed by atoms with Gasteiger partial charge < -0.3 is 10.2 Å². The molecule has 0 saturated carbocycles. The molecule has 25 heavy (non-hydrogen) atoms. The number of carbonyl (C=O) groups excluding carboxylic acids is 1. The van der Waals surface area contributed by atoms with Crippen molar-refractivity contribution in [2.24, 2.45) is 0 Å². The fourth-order valence-corrected chi connectivity index (χ4v) is 2.84. The number of amides is 1. The van der Waals surface area contributed by atoms with Crippen molar-refractivity contribution >= 4 is 11.7 Å². The average Bonchev–Trinajstić information content (AvgIpc) is 3.16. The number of carbonyl (C=O) groups is 1. The van der Waals surface area contributed by atoms with E-state index in [0.29, 0.717) is 17.2 Å². The van der Waals surface area contributed by atoms with Gasteiger partial charge in [-0.25, -0.2) is 14.4 Å². The first-order valence-corrected chi connectivity index (χ1v) is 8.77. The molecule has 132 valence electrons. The topological polar surface area (TPSA) is 58.1 Å². The summed E-state index contributed by atoms with van der Waals surface area (Å²) in [5.74, 6) is 0.713. The number of hydrogen-bond donors (Lipinski definition) is 1. The number of aromatic nitrogens is 2. The van der Waals surface area contributed by atoms with Gasteiger partial charge in [0.15, 0.2) is 5.82 Å². The first-order chi connectivity index (χ1) is 12.1. The number of nitrogens with one attached hydrogen (secondary N) is 1. The zero-order valence-electron chi connectivity index (χ0n) is 14.6. The molecule has 6 heteroatoms. The Morgan fingerprint density at radius 1 is 1.28 bits per heavy atom. The summed E-state index contributed by atoms with van der Waals surface area (Å²) in [6, 6.07) is 6.17. The number of rotatable bonds is 5. The monoisotopic (exact) mass is 342 g/mol. The largest absolute Gasteiger partial charge is 0.356 e. The second-order valence-corrected chi connectivity index (χ2v) is 6.41. The summed E-state index contributed by atoms with van der Waals surface area (Å²) in [6.07, 6.45) is 4.61. The maximum absolute atomic E-state index is 13.2. The summed E-state index contributed by atoms with van der Waals surface area (Å²) in [7, 11) is 0. The highest BCUT2D eigenvalue weighted by Gasteiger charge is 2.23. The highest BCUT2D eigenvalue weighted by molar-refractivity contribution is 5.99. The molecule has 5 nitrogen and oxygen atoms in total. The van der Waals surface area contributed by atoms with Crippen LogP contribution in [-0.4, -0.2) is 35.0 Å². The van der Waals surface area contributed by atoms with Crippen molar-refractivity contribution in [1.82, 2.24) is 15.3 Å². The summed E-state index contributed by atoms with van der Waals surface area (Å²) in [5, 5.41) is 2.98. The number of benzene rings is 1. The molecular formula is C19H23FN4O. The van der Waals surface area contributed by atoms with Crippen molar-refractivity contribution in [2.45, 2.75) is 39.2 Å². The van der Waals surface area contributed by atoms with E-state index in [0.717, 1.165) is 37.9 Å². The molecule has 1 fully saturated rings. The van der Waals surface area contributed by atoms with Crippen LogP contribution in [0.15, 0.2) is 30.5 Å². The Morgan fingerprint density at radius 3 is 2.60 bits per heavy atom. The van der Waals surface area contributed by atoms with E-state index in [2.05, 4.69) is 20.2 Å². The molecule has 2 heterocycles. The van der Waals surface area contributed by atoms with Crippen LogP contribution in [-0.2, 0) is 0 Å². The van der Waals surface area contributed by atoms with E-state index in [1.54, 1.807) is 18.3 Å². The predicted molar refractivity (Wildman–Crippen MR) is 96.1 cm³/mol. The van der Waals surface area contributed by atoms with Crippen LogP contribution in [0.2, 0.25) is 0 Å². The van der Waals surface area contributed by atoms with Crippen LogP contribution >= 0.6 is 0 Å². The SMILES string of the molecule is CCC(C)NC(=O)c1cnc(-c2ccc(F)cc2)nc1N1CCCC1. The van der Waals surface area contributed by atoms with Crippen molar-refractivity contribution in [1.29, 1.82) is 0 Å². The van der Waals surface area contributed by atoms with E-state index < -0.39 is 0 Å². The maximum Gasteiger partial charge on any atom is 0.256 e. The number of hydrogen-bond acceptors (Lipinski definition) is 4. The highest BCUT2D eigenvalue weighted by atomic mass is 19.1. The maximum atomic E-state index is 13.2. The number of nitrogens with zero attached hydrogens (tertiary/aromatic N) is 3. The fourth-order valence-electron chi connectivity index (χ4n) is 2.84. The Bertz CT molecular complexity index is 742. The number of anilines is 1. The van der Waals surface area contributed by atoms with E-state index in [9.17, 15) is 9.18 Å². The second kappa shape index (κ2) is 7.59. The third kappa shape index (κ3) is 3.95. The van der Waals surface area contributed by atoms with E-state index in [1.165, 1.54) is 12.1 Å². The van der Waals surface area contributed by atoms with Gasteiger partial charge >= 0.3 is 0 Å². The summed E-state index contributed by atoms with van der Waals surface area (Å²) in [4.78, 5) is 23.7. The van der Waals surface area contributed by atoms with Crippen molar-refractivity contribution in [3.05, 3.63) is 41.8 Å². The minimum atomic E-state index is -0.298. The minimum Gasteiger partial charge on any atom is -0.356 e. The molecule has 0 bridgehead atoms. The molecule has 0 aliphatic carbocycles. The van der Waals surface area contributed by atoms with Crippen LogP contribution in [0, 0.1) is 5.82 Å². The molecule has 0 radical (unpaired) electrons. The fraction of sp³-hybridized carbons (Fsp3) is 0.421. The quantitative estimate of drug-likeness (QED) is 0.905. The van der Waals surface area contributed by atoms with Gasteiger partial charge in [-0.15, -0.1) is 0 Å². The second-order valence-electron chi connectivity index (χ2n) is 6.41. The third-order valence-corrected chi connectivity index (χ3v) is 4.51. The lowest BCUT2D eigenvalue weighted by atomic mass is 10.2. The summed E-state index contributed by atoms with van der Waals surface area (Å²) in [5.41, 5.74) is 1.23. The average molecular weight is 342 g/mol. The van der Waals surface area contributed by atoms with Gasteiger partial charge in [0.25, 0.3) is 5.91 Å². The van der Waals surface area contributed by atoms with Crippen LogP contribution in [0.25, 0.3) is 11.4 Å². The van der Waals surface area contributed by atoms with Crippen LogP contribution in [0.1, 0.15) is 43.5 Å². The first-order valence-electron chi connectivity index (χ1n) is 8.77. The molecule has 1 aliphatic rings. The number of halogens is 1. The minimum absolute atomic E-state index is 0.0932. The van der Waals surface area contributed by atoms with Crippen molar-refractivity contribution in [3.8, 4) is 11.4 Å². The van der Waals surface area contributed by atoms with Crippen LogP contribution in [0.4, 0.5) is 10.2 Å². The molecule has 1 aliphatic heterocycles. The Hall–Kier alpha value is -2.50. The van der Waals surface area contributed by atoms with Crippen molar-refractivity contribution in [3.63, 3.8) is 0 Å². The first kappa shape index (κ1) is 17.3. The smallest absolute Gasteiger partial charge is 0.256 e. The lowest BCUT2D eigenvalue weighted by Crippen LogP contribution is -2.34. The Morgan fingerprint density at radius 2 is 1.96 bits per heavy atom. The molecule has 1 atom stereocenters. The predicted octanol–water partition coefficient (Wildman–Crippen LogP) is 3.41. The molecular weight excluding hydrogens is 319 g/mol. The molecule has 1 aromatic carbocycles. The van der Waals surface area contributed by atoms with Crippen LogP contribution in [0.3, 0.4) is 0 Å². The lowest BCUT2D eigenvalue weighted by Gasteiger charge is -2.21. The molecule has 3 rings (SSSR count). The van der Waals surface area contributed by atoms with Gasteiger partial charge in [0, 0.05) is 30.9 Å². The summed E-state index contributed by atoms with van der Waals surface area (Å²) < 4.78 is 13.2. The highest BCUT2D eigenvalue weighted by Crippen LogP contribution is 2.25. The van der Waals surface area contributed by atoms with Gasteiger partial charge in [0.1, 0.15) is 17.2 Å². The van der Waals surface area contributed by atoms with Crippen LogP contribution in [0.5, 0.6) is 0 Å². The summed E-state index contributed by atoms with van der Waals surface area (Å²) in [6.45, 7) is 5.76. The van der Waals surface area contributed by atoms with Crippen molar-refractivity contribution < 1.29 is 9.18 Å². The van der Waals surface area contributed by atoms with Crippen molar-refractivity contribution in [2.75, 3.05) is 18.0 Å². The van der Waals surface area contributed by atoms with E-state index in [-0.39, 0.29) is 17.8 Å². The van der Waals surface area contributed by atoms with E-state index >= 15 is 0 Å². The zero-order valence-corrected chi connectivity index (χ0v) is 14.6. The van der Waals surface area contributed by atoms with E-state index in [4.69, 9.17) is 0 Å². The van der Waals surface area contributed by atoms with Gasteiger partial charge in [-0.05, 0) is 50.5 Å². The molecule has 1 aromatic heterocycles. The van der Waals surface area contributed by atoms with Crippen LogP contribution < -0.4 is 10.2 Å². The molecule has 2 aromatic rings. The molecule has 1 unspecified atom stereocenters. The van der Waals surface area contributed by atoms with Gasteiger partial charge in [-0.1, -0.05) is 6.92 Å². The van der Waals surface area contributed by atoms with Gasteiger partial charge in [0.05, 0.1) is 0 Å². The summed E-state index contributed by atoms with van der Waals surface area (Å²) >= 11 is 0. The molecule has 0 spiro atoms.